The van der Waals surface area contributed by atoms with Crippen molar-refractivity contribution in [1.82, 2.24) is 5.16 Å². The summed E-state index contributed by atoms with van der Waals surface area (Å²) < 4.78 is 4.80. The molecular weight excluding hydrogens is 130 g/mol. The third-order valence-electron chi connectivity index (χ3n) is 1.37. The van der Waals surface area contributed by atoms with Crippen molar-refractivity contribution in [2.75, 3.05) is 5.73 Å². The highest BCUT2D eigenvalue weighted by molar-refractivity contribution is 5.46. The molecule has 1 atom stereocenters. The van der Waals surface area contributed by atoms with E-state index in [0.29, 0.717) is 17.1 Å². The van der Waals surface area contributed by atoms with Crippen molar-refractivity contribution in [3.8, 4) is 0 Å². The normalized spacial score (nSPS) is 13.5. The van der Waals surface area contributed by atoms with Crippen molar-refractivity contribution in [2.45, 2.75) is 19.9 Å². The second kappa shape index (κ2) is 2.30. The fourth-order valence-electron chi connectivity index (χ4n) is 0.725. The Morgan fingerprint density at radius 2 is 2.20 bits per heavy atom. The molecule has 0 saturated heterocycles. The van der Waals surface area contributed by atoms with E-state index in [9.17, 15) is 0 Å². The quantitative estimate of drug-likeness (QED) is 0.599. The van der Waals surface area contributed by atoms with Crippen LogP contribution in [0.4, 0.5) is 5.69 Å². The minimum Gasteiger partial charge on any atom is -0.394 e. The maximum absolute atomic E-state index is 5.57. The van der Waals surface area contributed by atoms with Crippen LogP contribution < -0.4 is 11.5 Å². The average molecular weight is 141 g/mol. The van der Waals surface area contributed by atoms with Crippen LogP contribution in [0.1, 0.15) is 24.4 Å². The molecule has 4 N–H and O–H groups in total. The van der Waals surface area contributed by atoms with E-state index in [-0.39, 0.29) is 6.04 Å². The lowest BCUT2D eigenvalue weighted by Gasteiger charge is -1.98. The van der Waals surface area contributed by atoms with Crippen molar-refractivity contribution in [1.29, 1.82) is 0 Å². The van der Waals surface area contributed by atoms with E-state index in [1.54, 1.807) is 6.92 Å². The van der Waals surface area contributed by atoms with Crippen LogP contribution in [0.15, 0.2) is 4.52 Å². The molecule has 0 radical (unpaired) electrons. The highest BCUT2D eigenvalue weighted by atomic mass is 16.5. The molecule has 1 rings (SSSR count). The molecule has 0 aliphatic rings. The molecule has 0 spiro atoms. The van der Waals surface area contributed by atoms with E-state index in [2.05, 4.69) is 5.16 Å². The molecule has 1 aromatic rings. The number of nitrogens with zero attached hydrogens (tertiary/aromatic N) is 1. The number of hydrogen-bond donors (Lipinski definition) is 2. The molecule has 1 heterocycles. The number of nitrogens with two attached hydrogens (primary N) is 2. The number of anilines is 1. The van der Waals surface area contributed by atoms with Crippen molar-refractivity contribution in [3.05, 3.63) is 11.5 Å². The predicted octanol–water partition coefficient (Wildman–Crippen LogP) is 0.585. The van der Waals surface area contributed by atoms with E-state index in [0.717, 1.165) is 0 Å². The van der Waals surface area contributed by atoms with Gasteiger partial charge < -0.3 is 16.0 Å². The fourth-order valence-corrected chi connectivity index (χ4v) is 0.725. The standard InChI is InChI=1S/C6H11N3O/c1-3(7)6-5(8)4(2)10-9-6/h3H,7-8H2,1-2H3. The molecule has 4 heteroatoms. The van der Waals surface area contributed by atoms with Gasteiger partial charge in [-0.05, 0) is 13.8 Å². The summed E-state index contributed by atoms with van der Waals surface area (Å²) in [5.74, 6) is 0.632. The SMILES string of the molecule is Cc1onc(C(C)N)c1N. The first-order chi connectivity index (χ1) is 4.63. The van der Waals surface area contributed by atoms with Crippen LogP contribution >= 0.6 is 0 Å². The zero-order chi connectivity index (χ0) is 7.72. The maximum atomic E-state index is 5.57. The fraction of sp³-hybridized carbons (Fsp3) is 0.500. The van der Waals surface area contributed by atoms with Gasteiger partial charge in [0.2, 0.25) is 0 Å². The Kier molecular flexibility index (Phi) is 1.63. The van der Waals surface area contributed by atoms with Gasteiger partial charge in [0.25, 0.3) is 0 Å². The molecule has 0 amide bonds. The first-order valence-corrected chi connectivity index (χ1v) is 3.10. The second-order valence-corrected chi connectivity index (χ2v) is 2.33. The summed E-state index contributed by atoms with van der Waals surface area (Å²) in [6.07, 6.45) is 0. The molecule has 1 unspecified atom stereocenters. The van der Waals surface area contributed by atoms with Gasteiger partial charge in [-0.1, -0.05) is 5.16 Å². The summed E-state index contributed by atoms with van der Waals surface area (Å²) in [7, 11) is 0. The van der Waals surface area contributed by atoms with Crippen molar-refractivity contribution >= 4 is 5.69 Å². The first-order valence-electron chi connectivity index (χ1n) is 3.10. The summed E-state index contributed by atoms with van der Waals surface area (Å²) >= 11 is 0. The summed E-state index contributed by atoms with van der Waals surface area (Å²) in [5, 5.41) is 3.69. The van der Waals surface area contributed by atoms with E-state index in [4.69, 9.17) is 16.0 Å². The molecule has 0 aliphatic heterocycles. The highest BCUT2D eigenvalue weighted by Crippen LogP contribution is 2.19. The van der Waals surface area contributed by atoms with Crippen LogP contribution in [0.5, 0.6) is 0 Å². The van der Waals surface area contributed by atoms with Crippen LogP contribution in [-0.2, 0) is 0 Å². The molecule has 0 aliphatic carbocycles. The number of rotatable bonds is 1. The number of aromatic nitrogens is 1. The van der Waals surface area contributed by atoms with Crippen LogP contribution in [0.2, 0.25) is 0 Å². The largest absolute Gasteiger partial charge is 0.394 e. The van der Waals surface area contributed by atoms with E-state index >= 15 is 0 Å². The molecule has 10 heavy (non-hydrogen) atoms. The molecule has 0 saturated carbocycles. The van der Waals surface area contributed by atoms with Crippen LogP contribution in [0, 0.1) is 6.92 Å². The van der Waals surface area contributed by atoms with Gasteiger partial charge >= 0.3 is 0 Å². The summed E-state index contributed by atoms with van der Waals surface area (Å²) in [6, 6.07) is -0.155. The maximum Gasteiger partial charge on any atom is 0.156 e. The zero-order valence-corrected chi connectivity index (χ0v) is 6.09. The van der Waals surface area contributed by atoms with E-state index in [1.807, 2.05) is 6.92 Å². The monoisotopic (exact) mass is 141 g/mol. The van der Waals surface area contributed by atoms with Crippen molar-refractivity contribution in [2.24, 2.45) is 5.73 Å². The minimum absolute atomic E-state index is 0.155. The topological polar surface area (TPSA) is 78.1 Å². The molecule has 0 fully saturated rings. The van der Waals surface area contributed by atoms with Gasteiger partial charge in [-0.3, -0.25) is 0 Å². The molecule has 4 nitrogen and oxygen atoms in total. The Morgan fingerprint density at radius 1 is 1.60 bits per heavy atom. The van der Waals surface area contributed by atoms with Gasteiger partial charge in [-0.2, -0.15) is 0 Å². The van der Waals surface area contributed by atoms with Gasteiger partial charge in [0, 0.05) is 6.04 Å². The van der Waals surface area contributed by atoms with Gasteiger partial charge in [-0.25, -0.2) is 0 Å². The lowest BCUT2D eigenvalue weighted by atomic mass is 10.2. The van der Waals surface area contributed by atoms with E-state index < -0.39 is 0 Å². The Morgan fingerprint density at radius 3 is 2.40 bits per heavy atom. The number of nitrogen functional groups attached to an aromatic ring is 1. The lowest BCUT2D eigenvalue weighted by molar-refractivity contribution is 0.387. The smallest absolute Gasteiger partial charge is 0.156 e. The van der Waals surface area contributed by atoms with Gasteiger partial charge in [0.1, 0.15) is 5.69 Å². The zero-order valence-electron chi connectivity index (χ0n) is 6.09. The first kappa shape index (κ1) is 7.08. The van der Waals surface area contributed by atoms with E-state index in [1.165, 1.54) is 0 Å². The van der Waals surface area contributed by atoms with Gasteiger partial charge in [0.05, 0.1) is 5.69 Å². The molecule has 0 aromatic carbocycles. The van der Waals surface area contributed by atoms with Gasteiger partial charge in [0.15, 0.2) is 5.76 Å². The van der Waals surface area contributed by atoms with Crippen LogP contribution in [-0.4, -0.2) is 5.16 Å². The van der Waals surface area contributed by atoms with Gasteiger partial charge in [-0.15, -0.1) is 0 Å². The molecule has 56 valence electrons. The average Bonchev–Trinajstić information content (AvgIpc) is 2.14. The molecule has 0 bridgehead atoms. The Hall–Kier alpha value is -1.03. The summed E-state index contributed by atoms with van der Waals surface area (Å²) in [6.45, 7) is 3.57. The highest BCUT2D eigenvalue weighted by Gasteiger charge is 2.11. The third kappa shape index (κ3) is 0.974. The minimum atomic E-state index is -0.155. The van der Waals surface area contributed by atoms with Crippen molar-refractivity contribution < 1.29 is 4.52 Å². The molecule has 1 aromatic heterocycles. The third-order valence-corrected chi connectivity index (χ3v) is 1.37. The number of hydrogen-bond acceptors (Lipinski definition) is 4. The molecular formula is C6H11N3O. The second-order valence-electron chi connectivity index (χ2n) is 2.33. The predicted molar refractivity (Wildman–Crippen MR) is 38.3 cm³/mol. The van der Waals surface area contributed by atoms with Crippen LogP contribution in [0.25, 0.3) is 0 Å². The van der Waals surface area contributed by atoms with Crippen LogP contribution in [0.3, 0.4) is 0 Å². The summed E-state index contributed by atoms with van der Waals surface area (Å²) in [4.78, 5) is 0. The van der Waals surface area contributed by atoms with Crippen molar-refractivity contribution in [3.63, 3.8) is 0 Å². The number of aryl methyl sites for hydroxylation is 1. The lowest BCUT2D eigenvalue weighted by Crippen LogP contribution is -2.07. The Bertz CT molecular complexity index is 229. The Balaban J connectivity index is 3.05. The Labute approximate surface area is 59.2 Å². The summed E-state index contributed by atoms with van der Waals surface area (Å²) in [5.41, 5.74) is 12.3.